The Bertz CT molecular complexity index is 299. The Hall–Kier alpha value is -1.03. The number of allylic oxidation sites excluding steroid dienone is 1. The summed E-state index contributed by atoms with van der Waals surface area (Å²) in [7, 11) is 0. The van der Waals surface area contributed by atoms with Gasteiger partial charge in [0, 0.05) is 12.6 Å². The summed E-state index contributed by atoms with van der Waals surface area (Å²) in [5.74, 6) is 0.897. The van der Waals surface area contributed by atoms with Gasteiger partial charge in [-0.25, -0.2) is 9.97 Å². The maximum atomic E-state index is 4.13. The number of thioether (sulfide) groups is 1. The van der Waals surface area contributed by atoms with Gasteiger partial charge in [0.2, 0.25) is 0 Å². The summed E-state index contributed by atoms with van der Waals surface area (Å²) in [4.78, 5) is 8.23. The summed E-state index contributed by atoms with van der Waals surface area (Å²) in [6.07, 6.45) is 8.80. The molecule has 1 N–H and O–H groups in total. The Labute approximate surface area is 89.0 Å². The van der Waals surface area contributed by atoms with E-state index >= 15 is 0 Å². The third-order valence-corrected chi connectivity index (χ3v) is 2.35. The first-order valence-corrected chi connectivity index (χ1v) is 5.80. The highest BCUT2D eigenvalue weighted by atomic mass is 32.2. The molecule has 0 atom stereocenters. The number of aromatic nitrogens is 2. The van der Waals surface area contributed by atoms with Gasteiger partial charge in [-0.1, -0.05) is 12.2 Å². The summed E-state index contributed by atoms with van der Waals surface area (Å²) in [5.41, 5.74) is 0. The van der Waals surface area contributed by atoms with E-state index in [1.54, 1.807) is 18.1 Å². The predicted molar refractivity (Wildman–Crippen MR) is 61.7 cm³/mol. The van der Waals surface area contributed by atoms with E-state index in [1.165, 1.54) is 0 Å². The molecule has 1 heterocycles. The van der Waals surface area contributed by atoms with E-state index in [-0.39, 0.29) is 0 Å². The number of anilines is 1. The van der Waals surface area contributed by atoms with Crippen molar-refractivity contribution in [2.75, 3.05) is 18.1 Å². The molecule has 4 heteroatoms. The van der Waals surface area contributed by atoms with Crippen LogP contribution in [0.1, 0.15) is 13.3 Å². The van der Waals surface area contributed by atoms with Gasteiger partial charge in [-0.3, -0.25) is 0 Å². The molecule has 0 amide bonds. The van der Waals surface area contributed by atoms with Gasteiger partial charge in [0.1, 0.15) is 17.2 Å². The lowest BCUT2D eigenvalue weighted by molar-refractivity contribution is 1.00. The first-order chi connectivity index (χ1) is 6.86. The molecule has 1 aromatic heterocycles. The second-order valence-corrected chi connectivity index (χ2v) is 3.56. The minimum absolute atomic E-state index is 0.897. The lowest BCUT2D eigenvalue weighted by Crippen LogP contribution is -2.02. The molecule has 0 bridgehead atoms. The average Bonchev–Trinajstić information content (AvgIpc) is 2.25. The van der Waals surface area contributed by atoms with Crippen molar-refractivity contribution in [1.29, 1.82) is 0 Å². The molecule has 0 unspecified atom stereocenters. The van der Waals surface area contributed by atoms with Gasteiger partial charge >= 0.3 is 0 Å². The topological polar surface area (TPSA) is 37.8 Å². The van der Waals surface area contributed by atoms with Crippen LogP contribution in [0.15, 0.2) is 29.6 Å². The SMILES string of the molecule is C/C=C/CCNc1cc(SC)ncn1. The largest absolute Gasteiger partial charge is 0.370 e. The smallest absolute Gasteiger partial charge is 0.130 e. The summed E-state index contributed by atoms with van der Waals surface area (Å²) in [6, 6.07) is 1.96. The van der Waals surface area contributed by atoms with Crippen LogP contribution >= 0.6 is 11.8 Å². The van der Waals surface area contributed by atoms with Gasteiger partial charge in [-0.2, -0.15) is 0 Å². The fourth-order valence-electron chi connectivity index (χ4n) is 0.998. The fraction of sp³-hybridized carbons (Fsp3) is 0.400. The average molecular weight is 209 g/mol. The van der Waals surface area contributed by atoms with Gasteiger partial charge in [0.05, 0.1) is 0 Å². The van der Waals surface area contributed by atoms with Crippen LogP contribution in [0.3, 0.4) is 0 Å². The number of hydrogen-bond donors (Lipinski definition) is 1. The molecule has 0 saturated heterocycles. The van der Waals surface area contributed by atoms with E-state index < -0.39 is 0 Å². The van der Waals surface area contributed by atoms with Gasteiger partial charge in [0.15, 0.2) is 0 Å². The minimum Gasteiger partial charge on any atom is -0.370 e. The van der Waals surface area contributed by atoms with Crippen LogP contribution in [0, 0.1) is 0 Å². The Morgan fingerprint density at radius 2 is 2.36 bits per heavy atom. The standard InChI is InChI=1S/C10H15N3S/c1-3-4-5-6-11-9-7-10(14-2)13-8-12-9/h3-4,7-8H,5-6H2,1-2H3,(H,11,12,13)/b4-3+. The summed E-state index contributed by atoms with van der Waals surface area (Å²) < 4.78 is 0. The first kappa shape index (κ1) is 11.0. The number of nitrogens with zero attached hydrogens (tertiary/aromatic N) is 2. The second kappa shape index (κ2) is 6.43. The Kier molecular flexibility index (Phi) is 5.07. The molecule has 0 aliphatic rings. The van der Waals surface area contributed by atoms with Crippen molar-refractivity contribution in [2.45, 2.75) is 18.4 Å². The fourth-order valence-corrected chi connectivity index (χ4v) is 1.38. The van der Waals surface area contributed by atoms with Crippen molar-refractivity contribution in [3.63, 3.8) is 0 Å². The molecule has 0 fully saturated rings. The third kappa shape index (κ3) is 3.79. The van der Waals surface area contributed by atoms with E-state index in [1.807, 2.05) is 19.2 Å². The lowest BCUT2D eigenvalue weighted by Gasteiger charge is -2.03. The molecule has 1 aromatic rings. The number of nitrogens with one attached hydrogen (secondary N) is 1. The van der Waals surface area contributed by atoms with Crippen LogP contribution in [0.25, 0.3) is 0 Å². The normalized spacial score (nSPS) is 10.7. The molecular weight excluding hydrogens is 194 g/mol. The molecule has 0 radical (unpaired) electrons. The molecule has 76 valence electrons. The molecule has 1 rings (SSSR count). The summed E-state index contributed by atoms with van der Waals surface area (Å²) in [5, 5.41) is 4.23. The number of rotatable bonds is 5. The van der Waals surface area contributed by atoms with E-state index in [2.05, 4.69) is 27.4 Å². The van der Waals surface area contributed by atoms with E-state index in [4.69, 9.17) is 0 Å². The quantitative estimate of drug-likeness (QED) is 0.350. The van der Waals surface area contributed by atoms with E-state index in [0.29, 0.717) is 0 Å². The zero-order chi connectivity index (χ0) is 10.2. The van der Waals surface area contributed by atoms with Crippen LogP contribution < -0.4 is 5.32 Å². The van der Waals surface area contributed by atoms with Crippen molar-refractivity contribution < 1.29 is 0 Å². The summed E-state index contributed by atoms with van der Waals surface area (Å²) >= 11 is 1.62. The zero-order valence-corrected chi connectivity index (χ0v) is 9.34. The third-order valence-electron chi connectivity index (χ3n) is 1.70. The van der Waals surface area contributed by atoms with E-state index in [9.17, 15) is 0 Å². The van der Waals surface area contributed by atoms with Crippen molar-refractivity contribution in [1.82, 2.24) is 9.97 Å². The van der Waals surface area contributed by atoms with Crippen LogP contribution in [0.2, 0.25) is 0 Å². The highest BCUT2D eigenvalue weighted by Crippen LogP contribution is 2.13. The predicted octanol–water partition coefficient (Wildman–Crippen LogP) is 2.58. The zero-order valence-electron chi connectivity index (χ0n) is 8.53. The van der Waals surface area contributed by atoms with Gasteiger partial charge in [-0.05, 0) is 19.6 Å². The molecule has 0 aliphatic carbocycles. The Balaban J connectivity index is 2.42. The minimum atomic E-state index is 0.897. The van der Waals surface area contributed by atoms with E-state index in [0.717, 1.165) is 23.8 Å². The monoisotopic (exact) mass is 209 g/mol. The molecular formula is C10H15N3S. The van der Waals surface area contributed by atoms with Crippen molar-refractivity contribution >= 4 is 17.6 Å². The van der Waals surface area contributed by atoms with Crippen LogP contribution in [-0.2, 0) is 0 Å². The maximum absolute atomic E-state index is 4.13. The lowest BCUT2D eigenvalue weighted by atomic mass is 10.4. The number of hydrogen-bond acceptors (Lipinski definition) is 4. The van der Waals surface area contributed by atoms with Crippen molar-refractivity contribution in [2.24, 2.45) is 0 Å². The molecule has 0 aliphatic heterocycles. The maximum Gasteiger partial charge on any atom is 0.130 e. The Morgan fingerprint density at radius 3 is 3.07 bits per heavy atom. The molecule has 14 heavy (non-hydrogen) atoms. The van der Waals surface area contributed by atoms with Crippen LogP contribution in [-0.4, -0.2) is 22.8 Å². The van der Waals surface area contributed by atoms with Gasteiger partial charge < -0.3 is 5.32 Å². The van der Waals surface area contributed by atoms with Crippen LogP contribution in [0.4, 0.5) is 5.82 Å². The van der Waals surface area contributed by atoms with Gasteiger partial charge in [0.25, 0.3) is 0 Å². The first-order valence-electron chi connectivity index (χ1n) is 4.58. The molecule has 3 nitrogen and oxygen atoms in total. The second-order valence-electron chi connectivity index (χ2n) is 2.73. The van der Waals surface area contributed by atoms with Crippen LogP contribution in [0.5, 0.6) is 0 Å². The van der Waals surface area contributed by atoms with Crippen molar-refractivity contribution in [3.05, 3.63) is 24.5 Å². The highest BCUT2D eigenvalue weighted by molar-refractivity contribution is 7.98. The highest BCUT2D eigenvalue weighted by Gasteiger charge is 1.95. The van der Waals surface area contributed by atoms with Gasteiger partial charge in [-0.15, -0.1) is 11.8 Å². The summed E-state index contributed by atoms with van der Waals surface area (Å²) in [6.45, 7) is 2.94. The van der Waals surface area contributed by atoms with Crippen molar-refractivity contribution in [3.8, 4) is 0 Å². The Morgan fingerprint density at radius 1 is 1.50 bits per heavy atom. The molecule has 0 aromatic carbocycles. The molecule has 0 spiro atoms. The molecule has 0 saturated carbocycles.